The number of carbonyl (C=O) groups is 2. The molecule has 0 radical (unpaired) electrons. The van der Waals surface area contributed by atoms with Crippen LogP contribution in [0.1, 0.15) is 42.5 Å². The number of aromatic nitrogens is 1. The van der Waals surface area contributed by atoms with Gasteiger partial charge in [0.15, 0.2) is 0 Å². The highest BCUT2D eigenvalue weighted by Gasteiger charge is 2.38. The molecule has 3 rings (SSSR count). The molecular formula is C16H24N4O2S. The van der Waals surface area contributed by atoms with Crippen LogP contribution in [-0.2, 0) is 17.6 Å². The molecule has 1 aliphatic heterocycles. The van der Waals surface area contributed by atoms with Crippen molar-refractivity contribution < 1.29 is 9.59 Å². The third kappa shape index (κ3) is 3.83. The number of hydrogen-bond acceptors (Lipinski definition) is 4. The minimum Gasteiger partial charge on any atom is -0.350 e. The first-order valence-electron chi connectivity index (χ1n) is 8.44. The monoisotopic (exact) mass is 336 g/mol. The van der Waals surface area contributed by atoms with E-state index in [9.17, 15) is 9.59 Å². The average Bonchev–Trinajstić information content (AvgIpc) is 3.02. The largest absolute Gasteiger partial charge is 0.350 e. The van der Waals surface area contributed by atoms with E-state index in [-0.39, 0.29) is 30.6 Å². The van der Waals surface area contributed by atoms with E-state index < -0.39 is 0 Å². The summed E-state index contributed by atoms with van der Waals surface area (Å²) in [6.45, 7) is 2.84. The number of nitrogens with zero attached hydrogens (tertiary/aromatic N) is 2. The zero-order valence-corrected chi connectivity index (χ0v) is 14.3. The van der Waals surface area contributed by atoms with Gasteiger partial charge in [0.2, 0.25) is 5.91 Å². The third-order valence-corrected chi connectivity index (χ3v) is 5.82. The molecule has 2 aliphatic rings. The Morgan fingerprint density at radius 2 is 2.30 bits per heavy atom. The summed E-state index contributed by atoms with van der Waals surface area (Å²) in [5, 5.41) is 7.03. The summed E-state index contributed by atoms with van der Waals surface area (Å²) >= 11 is 1.70. The number of thiazole rings is 1. The van der Waals surface area contributed by atoms with Crippen molar-refractivity contribution >= 4 is 23.3 Å². The van der Waals surface area contributed by atoms with Crippen molar-refractivity contribution in [2.24, 2.45) is 0 Å². The van der Waals surface area contributed by atoms with E-state index in [1.165, 1.54) is 4.88 Å². The first kappa shape index (κ1) is 16.2. The number of aryl methyl sites for hydroxylation is 1. The van der Waals surface area contributed by atoms with Gasteiger partial charge in [0.05, 0.1) is 11.0 Å². The molecule has 0 bridgehead atoms. The van der Waals surface area contributed by atoms with Crippen LogP contribution in [0.4, 0.5) is 4.79 Å². The van der Waals surface area contributed by atoms with E-state index in [4.69, 9.17) is 0 Å². The fourth-order valence-corrected chi connectivity index (χ4v) is 4.27. The van der Waals surface area contributed by atoms with Crippen molar-refractivity contribution in [1.29, 1.82) is 0 Å². The van der Waals surface area contributed by atoms with Crippen molar-refractivity contribution in [3.05, 3.63) is 16.1 Å². The van der Waals surface area contributed by atoms with E-state index in [2.05, 4.69) is 22.5 Å². The first-order chi connectivity index (χ1) is 11.2. The van der Waals surface area contributed by atoms with Gasteiger partial charge < -0.3 is 15.5 Å². The molecule has 1 saturated carbocycles. The number of urea groups is 1. The molecule has 1 saturated heterocycles. The fourth-order valence-electron chi connectivity index (χ4n) is 3.40. The Morgan fingerprint density at radius 1 is 1.48 bits per heavy atom. The third-order valence-electron chi connectivity index (χ3n) is 4.62. The van der Waals surface area contributed by atoms with Crippen molar-refractivity contribution in [3.63, 3.8) is 0 Å². The van der Waals surface area contributed by atoms with Gasteiger partial charge in [-0.15, -0.1) is 11.3 Å². The molecule has 2 heterocycles. The Morgan fingerprint density at radius 3 is 3.09 bits per heavy atom. The van der Waals surface area contributed by atoms with Crippen molar-refractivity contribution in [2.75, 3.05) is 13.1 Å². The SMILES string of the molecule is CCc1cnc(CCNC(=O)N2CC(=O)N[C@@H]3CCCC[C@H]32)s1. The molecule has 1 aliphatic carbocycles. The smallest absolute Gasteiger partial charge is 0.318 e. The van der Waals surface area contributed by atoms with Gasteiger partial charge in [0.1, 0.15) is 6.54 Å². The lowest BCUT2D eigenvalue weighted by Crippen LogP contribution is -2.64. The number of amides is 3. The van der Waals surface area contributed by atoms with Gasteiger partial charge >= 0.3 is 6.03 Å². The summed E-state index contributed by atoms with van der Waals surface area (Å²) in [4.78, 5) is 31.6. The van der Waals surface area contributed by atoms with Crippen molar-refractivity contribution in [3.8, 4) is 0 Å². The topological polar surface area (TPSA) is 74.3 Å². The van der Waals surface area contributed by atoms with Gasteiger partial charge in [-0.05, 0) is 19.3 Å². The van der Waals surface area contributed by atoms with Crippen LogP contribution in [0.2, 0.25) is 0 Å². The maximum Gasteiger partial charge on any atom is 0.318 e. The molecule has 2 N–H and O–H groups in total. The molecule has 1 aromatic rings. The Kier molecular flexibility index (Phi) is 5.15. The molecule has 0 spiro atoms. The van der Waals surface area contributed by atoms with Crippen LogP contribution in [0.25, 0.3) is 0 Å². The van der Waals surface area contributed by atoms with Gasteiger partial charge in [-0.25, -0.2) is 9.78 Å². The Bertz CT molecular complexity index is 574. The summed E-state index contributed by atoms with van der Waals surface area (Å²) in [6, 6.07) is 0.152. The standard InChI is InChI=1S/C16H24N4O2S/c1-2-11-9-18-15(23-11)7-8-17-16(22)20-10-14(21)19-12-5-3-4-6-13(12)20/h9,12-13H,2-8,10H2,1H3,(H,17,22)(H,19,21)/t12-,13-/m1/s1. The molecule has 1 aromatic heterocycles. The molecule has 2 atom stereocenters. The summed E-state index contributed by atoms with van der Waals surface area (Å²) in [7, 11) is 0. The second kappa shape index (κ2) is 7.29. The number of piperazine rings is 1. The molecule has 126 valence electrons. The zero-order chi connectivity index (χ0) is 16.2. The second-order valence-corrected chi connectivity index (χ2v) is 7.41. The fraction of sp³-hybridized carbons (Fsp3) is 0.688. The quantitative estimate of drug-likeness (QED) is 0.879. The van der Waals surface area contributed by atoms with Crippen LogP contribution < -0.4 is 10.6 Å². The highest BCUT2D eigenvalue weighted by atomic mass is 32.1. The van der Waals surface area contributed by atoms with Gasteiger partial charge in [0.25, 0.3) is 0 Å². The van der Waals surface area contributed by atoms with Crippen LogP contribution in [0.5, 0.6) is 0 Å². The van der Waals surface area contributed by atoms with Gasteiger partial charge in [-0.1, -0.05) is 19.8 Å². The second-order valence-electron chi connectivity index (χ2n) is 6.21. The molecule has 0 unspecified atom stereocenters. The molecule has 6 nitrogen and oxygen atoms in total. The van der Waals surface area contributed by atoms with Crippen LogP contribution in [0, 0.1) is 0 Å². The number of hydrogen-bond donors (Lipinski definition) is 2. The minimum atomic E-state index is -0.121. The Labute approximate surface area is 140 Å². The summed E-state index contributed by atoms with van der Waals surface area (Å²) in [5.41, 5.74) is 0. The van der Waals surface area contributed by atoms with Crippen LogP contribution in [0.3, 0.4) is 0 Å². The van der Waals surface area contributed by atoms with E-state index in [0.29, 0.717) is 6.54 Å². The summed E-state index contributed by atoms with van der Waals surface area (Å²) in [5.74, 6) is -0.0455. The molecule has 0 aromatic carbocycles. The van der Waals surface area contributed by atoms with Crippen molar-refractivity contribution in [2.45, 2.75) is 57.5 Å². The van der Waals surface area contributed by atoms with Gasteiger partial charge in [-0.2, -0.15) is 0 Å². The highest BCUT2D eigenvalue weighted by Crippen LogP contribution is 2.25. The average molecular weight is 336 g/mol. The van der Waals surface area contributed by atoms with E-state index in [1.807, 2.05) is 6.20 Å². The minimum absolute atomic E-state index is 0.0455. The normalized spacial score (nSPS) is 24.0. The van der Waals surface area contributed by atoms with Crippen molar-refractivity contribution in [1.82, 2.24) is 20.5 Å². The van der Waals surface area contributed by atoms with Gasteiger partial charge in [0, 0.05) is 30.1 Å². The summed E-state index contributed by atoms with van der Waals surface area (Å²) in [6.07, 6.45) is 7.84. The van der Waals surface area contributed by atoms with E-state index in [0.717, 1.165) is 43.5 Å². The Balaban J connectivity index is 1.53. The van der Waals surface area contributed by atoms with Crippen LogP contribution >= 0.6 is 11.3 Å². The molecule has 3 amide bonds. The van der Waals surface area contributed by atoms with Crippen LogP contribution in [0.15, 0.2) is 6.20 Å². The maximum atomic E-state index is 12.5. The molecular weight excluding hydrogens is 312 g/mol. The maximum absolute atomic E-state index is 12.5. The lowest BCUT2D eigenvalue weighted by Gasteiger charge is -2.43. The predicted molar refractivity (Wildman–Crippen MR) is 89.5 cm³/mol. The summed E-state index contributed by atoms with van der Waals surface area (Å²) < 4.78 is 0. The number of rotatable bonds is 4. The lowest BCUT2D eigenvalue weighted by molar-refractivity contribution is -0.126. The van der Waals surface area contributed by atoms with E-state index >= 15 is 0 Å². The lowest BCUT2D eigenvalue weighted by atomic mass is 9.87. The predicted octanol–water partition coefficient (Wildman–Crippen LogP) is 1.70. The van der Waals surface area contributed by atoms with Gasteiger partial charge in [-0.3, -0.25) is 4.79 Å². The first-order valence-corrected chi connectivity index (χ1v) is 9.26. The molecule has 2 fully saturated rings. The number of fused-ring (bicyclic) bond motifs is 1. The highest BCUT2D eigenvalue weighted by molar-refractivity contribution is 7.11. The molecule has 7 heteroatoms. The zero-order valence-electron chi connectivity index (χ0n) is 13.5. The number of carbonyl (C=O) groups excluding carboxylic acids is 2. The van der Waals surface area contributed by atoms with E-state index in [1.54, 1.807) is 16.2 Å². The number of nitrogens with one attached hydrogen (secondary N) is 2. The molecule has 23 heavy (non-hydrogen) atoms. The Hall–Kier alpha value is -1.63. The van der Waals surface area contributed by atoms with Crippen LogP contribution in [-0.4, -0.2) is 47.0 Å².